The summed E-state index contributed by atoms with van der Waals surface area (Å²) in [5, 5.41) is 10.3. The van der Waals surface area contributed by atoms with Crippen molar-refractivity contribution in [3.63, 3.8) is 0 Å². The average Bonchev–Trinajstić information content (AvgIpc) is 2.03. The van der Waals surface area contributed by atoms with Gasteiger partial charge < -0.3 is 10.1 Å². The Morgan fingerprint density at radius 1 is 1.54 bits per heavy atom. The number of carbonyl (C=O) groups excluding carboxylic acids is 1. The van der Waals surface area contributed by atoms with Gasteiger partial charge in [0.05, 0.1) is 0 Å². The first kappa shape index (κ1) is 9.11. The average molecular weight is 182 g/mol. The summed E-state index contributed by atoms with van der Waals surface area (Å²) in [5.74, 6) is -0.855. The highest BCUT2D eigenvalue weighted by molar-refractivity contribution is 5.94. The number of rotatable bonds is 2. The molecule has 0 saturated heterocycles. The molecule has 1 aromatic rings. The van der Waals surface area contributed by atoms with Gasteiger partial charge in [-0.1, -0.05) is 0 Å². The van der Waals surface area contributed by atoms with Crippen LogP contribution in [0.15, 0.2) is 16.9 Å². The van der Waals surface area contributed by atoms with Gasteiger partial charge in [0.1, 0.15) is 0 Å². The van der Waals surface area contributed by atoms with E-state index in [1.807, 2.05) is 4.98 Å². The molecule has 0 saturated carbocycles. The maximum absolute atomic E-state index is 10.8. The Kier molecular flexibility index (Phi) is 2.23. The summed E-state index contributed by atoms with van der Waals surface area (Å²) in [4.78, 5) is 33.1. The number of aromatic amines is 1. The molecule has 1 rings (SSSR count). The third kappa shape index (κ3) is 1.98. The lowest BCUT2D eigenvalue weighted by Gasteiger charge is -1.95. The topological polar surface area (TPSA) is 93.1 Å². The van der Waals surface area contributed by atoms with Gasteiger partial charge in [-0.2, -0.15) is 0 Å². The summed E-state index contributed by atoms with van der Waals surface area (Å²) in [7, 11) is 0. The minimum Gasteiger partial charge on any atom is -0.358 e. The van der Waals surface area contributed by atoms with Gasteiger partial charge in [-0.3, -0.25) is 4.79 Å². The predicted molar refractivity (Wildman–Crippen MR) is 43.7 cm³/mol. The number of pyridine rings is 1. The van der Waals surface area contributed by atoms with Gasteiger partial charge in [0.25, 0.3) is 0 Å². The molecule has 0 aromatic carbocycles. The van der Waals surface area contributed by atoms with E-state index in [9.17, 15) is 19.7 Å². The second kappa shape index (κ2) is 3.18. The van der Waals surface area contributed by atoms with Crippen molar-refractivity contribution < 1.29 is 9.72 Å². The van der Waals surface area contributed by atoms with Crippen LogP contribution in [0.4, 0.5) is 5.82 Å². The van der Waals surface area contributed by atoms with Crippen molar-refractivity contribution in [1.29, 1.82) is 0 Å². The maximum Gasteiger partial charge on any atom is 0.332 e. The molecule has 1 heterocycles. The third-order valence-electron chi connectivity index (χ3n) is 1.43. The fourth-order valence-electron chi connectivity index (χ4n) is 0.830. The molecule has 0 amide bonds. The van der Waals surface area contributed by atoms with Crippen LogP contribution >= 0.6 is 0 Å². The Balaban J connectivity index is 3.35. The molecule has 0 aliphatic carbocycles. The maximum atomic E-state index is 10.8. The minimum atomic E-state index is -0.756. The highest BCUT2D eigenvalue weighted by Gasteiger charge is 2.09. The Morgan fingerprint density at radius 3 is 2.62 bits per heavy atom. The Hall–Kier alpha value is -1.98. The molecule has 6 heteroatoms. The van der Waals surface area contributed by atoms with Crippen molar-refractivity contribution >= 4 is 11.6 Å². The molecule has 0 bridgehead atoms. The van der Waals surface area contributed by atoms with Crippen LogP contribution in [0.25, 0.3) is 0 Å². The lowest BCUT2D eigenvalue weighted by molar-refractivity contribution is -0.389. The first-order valence-electron chi connectivity index (χ1n) is 3.40. The van der Waals surface area contributed by atoms with E-state index in [0.29, 0.717) is 0 Å². The van der Waals surface area contributed by atoms with Crippen LogP contribution in [0, 0.1) is 10.1 Å². The van der Waals surface area contributed by atoms with Gasteiger partial charge in [0, 0.05) is 17.7 Å². The summed E-state index contributed by atoms with van der Waals surface area (Å²) < 4.78 is 0. The van der Waals surface area contributed by atoms with Crippen LogP contribution in [-0.4, -0.2) is 15.7 Å². The second-order valence-electron chi connectivity index (χ2n) is 2.43. The number of nitro groups is 1. The number of nitrogens with zero attached hydrogens (tertiary/aromatic N) is 1. The molecular weight excluding hydrogens is 176 g/mol. The lowest BCUT2D eigenvalue weighted by Crippen LogP contribution is -2.10. The SMILES string of the molecule is CC(=O)c1cc([N+](=O)[O-])[nH]c(=O)c1. The van der Waals surface area contributed by atoms with Gasteiger partial charge >= 0.3 is 11.4 Å². The number of H-pyrrole nitrogens is 1. The molecule has 1 aromatic heterocycles. The van der Waals surface area contributed by atoms with Crippen molar-refractivity contribution in [2.24, 2.45) is 0 Å². The molecular formula is C7H6N2O4. The van der Waals surface area contributed by atoms with E-state index in [0.717, 1.165) is 12.1 Å². The monoisotopic (exact) mass is 182 g/mol. The highest BCUT2D eigenvalue weighted by Crippen LogP contribution is 2.06. The van der Waals surface area contributed by atoms with Crippen molar-refractivity contribution in [2.45, 2.75) is 6.92 Å². The van der Waals surface area contributed by atoms with Crippen LogP contribution < -0.4 is 5.56 Å². The van der Waals surface area contributed by atoms with Crippen LogP contribution in [0.5, 0.6) is 0 Å². The molecule has 0 radical (unpaired) electrons. The van der Waals surface area contributed by atoms with E-state index in [-0.39, 0.29) is 11.3 Å². The Labute approximate surface area is 72.4 Å². The lowest BCUT2D eigenvalue weighted by atomic mass is 10.2. The smallest absolute Gasteiger partial charge is 0.332 e. The van der Waals surface area contributed by atoms with Gasteiger partial charge in [-0.25, -0.2) is 9.78 Å². The van der Waals surface area contributed by atoms with Crippen LogP contribution in [0.3, 0.4) is 0 Å². The molecule has 68 valence electrons. The third-order valence-corrected chi connectivity index (χ3v) is 1.43. The summed E-state index contributed by atoms with van der Waals surface area (Å²) in [6.07, 6.45) is 0. The molecule has 13 heavy (non-hydrogen) atoms. The van der Waals surface area contributed by atoms with Gasteiger partial charge in [0.2, 0.25) is 0 Å². The molecule has 0 spiro atoms. The van der Waals surface area contributed by atoms with E-state index in [1.54, 1.807) is 0 Å². The minimum absolute atomic E-state index is 0.0375. The number of carbonyl (C=O) groups is 1. The second-order valence-corrected chi connectivity index (χ2v) is 2.43. The Bertz CT molecular complexity index is 385. The van der Waals surface area contributed by atoms with Crippen molar-refractivity contribution in [3.8, 4) is 0 Å². The standard InChI is InChI=1S/C7H6N2O4/c1-4(10)5-2-6(9(12)13)8-7(11)3-5/h2-3H,1H3,(H,8,11). The van der Waals surface area contributed by atoms with Crippen LogP contribution in [0.1, 0.15) is 17.3 Å². The van der Waals surface area contributed by atoms with Gasteiger partial charge in [0.15, 0.2) is 5.78 Å². The van der Waals surface area contributed by atoms with Crippen LogP contribution in [0.2, 0.25) is 0 Å². The molecule has 1 N–H and O–H groups in total. The number of nitrogens with one attached hydrogen (secondary N) is 1. The first-order chi connectivity index (χ1) is 6.00. The van der Waals surface area contributed by atoms with E-state index in [4.69, 9.17) is 0 Å². The number of hydrogen-bond acceptors (Lipinski definition) is 4. The number of hydrogen-bond donors (Lipinski definition) is 1. The zero-order chi connectivity index (χ0) is 10.0. The van der Waals surface area contributed by atoms with E-state index >= 15 is 0 Å². The molecule has 0 atom stereocenters. The number of aromatic nitrogens is 1. The highest BCUT2D eigenvalue weighted by atomic mass is 16.6. The van der Waals surface area contributed by atoms with Crippen molar-refractivity contribution in [3.05, 3.63) is 38.2 Å². The molecule has 0 fully saturated rings. The molecule has 0 aliphatic heterocycles. The van der Waals surface area contributed by atoms with Crippen molar-refractivity contribution in [2.75, 3.05) is 0 Å². The fourth-order valence-corrected chi connectivity index (χ4v) is 0.830. The van der Waals surface area contributed by atoms with E-state index in [2.05, 4.69) is 0 Å². The molecule has 6 nitrogen and oxygen atoms in total. The zero-order valence-electron chi connectivity index (χ0n) is 6.73. The fraction of sp³-hybridized carbons (Fsp3) is 0.143. The Morgan fingerprint density at radius 2 is 2.15 bits per heavy atom. The normalized spacial score (nSPS) is 9.62. The summed E-state index contributed by atoms with van der Waals surface area (Å²) in [6, 6.07) is 2.05. The molecule has 0 aliphatic rings. The largest absolute Gasteiger partial charge is 0.358 e. The van der Waals surface area contributed by atoms with E-state index < -0.39 is 16.3 Å². The van der Waals surface area contributed by atoms with Crippen LogP contribution in [-0.2, 0) is 0 Å². The predicted octanol–water partition coefficient (Wildman–Crippen LogP) is 0.486. The summed E-state index contributed by atoms with van der Waals surface area (Å²) in [6.45, 7) is 1.23. The van der Waals surface area contributed by atoms with Gasteiger partial charge in [-0.15, -0.1) is 0 Å². The summed E-state index contributed by atoms with van der Waals surface area (Å²) in [5.41, 5.74) is -0.616. The zero-order valence-corrected chi connectivity index (χ0v) is 6.73. The number of Topliss-reactive ketones (excluding diaryl/α,β-unsaturated/α-hetero) is 1. The van der Waals surface area contributed by atoms with Crippen molar-refractivity contribution in [1.82, 2.24) is 4.98 Å². The first-order valence-corrected chi connectivity index (χ1v) is 3.40. The summed E-state index contributed by atoms with van der Waals surface area (Å²) >= 11 is 0. The quantitative estimate of drug-likeness (QED) is 0.409. The molecule has 0 unspecified atom stereocenters. The van der Waals surface area contributed by atoms with E-state index in [1.165, 1.54) is 6.92 Å². The number of ketones is 1. The van der Waals surface area contributed by atoms with Gasteiger partial charge in [-0.05, 0) is 11.8 Å².